The zero-order chi connectivity index (χ0) is 10.7. The average Bonchev–Trinajstić information content (AvgIpc) is 2.17. The van der Waals surface area contributed by atoms with Crippen LogP contribution in [0.4, 0.5) is 0 Å². The molecule has 1 N–H and O–H groups in total. The molecule has 1 rings (SSSR count). The van der Waals surface area contributed by atoms with E-state index in [1.54, 1.807) is 25.1 Å². The Hall–Kier alpha value is -0.860. The van der Waals surface area contributed by atoms with Crippen LogP contribution in [0, 0.1) is 6.92 Å². The molecule has 0 heterocycles. The van der Waals surface area contributed by atoms with E-state index in [1.165, 1.54) is 0 Å². The number of aliphatic hydroxyl groups excluding tert-OH is 1. The number of benzene rings is 1. The normalized spacial score (nSPS) is 12.6. The first-order chi connectivity index (χ1) is 6.57. The smallest absolute Gasteiger partial charge is 0.180 e. The first-order valence-electron chi connectivity index (χ1n) is 4.45. The van der Waals surface area contributed by atoms with Gasteiger partial charge in [-0.15, -0.1) is 11.6 Å². The fraction of sp³-hybridized carbons (Fsp3) is 0.364. The van der Waals surface area contributed by atoms with Crippen LogP contribution in [0.5, 0.6) is 0 Å². The Balaban J connectivity index is 3.16. The van der Waals surface area contributed by atoms with Gasteiger partial charge in [0.25, 0.3) is 0 Å². The van der Waals surface area contributed by atoms with Gasteiger partial charge < -0.3 is 5.11 Å². The van der Waals surface area contributed by atoms with Crippen molar-refractivity contribution >= 4 is 17.4 Å². The number of Topliss-reactive ketones (excluding diaryl/α,β-unsaturated/α-hetero) is 1. The highest BCUT2D eigenvalue weighted by molar-refractivity contribution is 6.33. The number of aliphatic hydroxyl groups is 1. The van der Waals surface area contributed by atoms with E-state index in [-0.39, 0.29) is 12.4 Å². The van der Waals surface area contributed by atoms with E-state index in [4.69, 9.17) is 16.7 Å². The van der Waals surface area contributed by atoms with E-state index in [0.717, 1.165) is 11.1 Å². The van der Waals surface area contributed by atoms with E-state index in [2.05, 4.69) is 0 Å². The third kappa shape index (κ3) is 2.14. The Kier molecular flexibility index (Phi) is 3.67. The van der Waals surface area contributed by atoms with Gasteiger partial charge in [-0.2, -0.15) is 0 Å². The Morgan fingerprint density at radius 3 is 2.71 bits per heavy atom. The minimum Gasteiger partial charge on any atom is -0.392 e. The third-order valence-corrected chi connectivity index (χ3v) is 2.44. The molecule has 3 heteroatoms. The quantitative estimate of drug-likeness (QED) is 0.617. The first kappa shape index (κ1) is 11.2. The van der Waals surface area contributed by atoms with Crippen LogP contribution in [0.2, 0.25) is 0 Å². The van der Waals surface area contributed by atoms with Crippen LogP contribution in [0.25, 0.3) is 0 Å². The molecule has 2 nitrogen and oxygen atoms in total. The Labute approximate surface area is 88.5 Å². The molecule has 0 bridgehead atoms. The van der Waals surface area contributed by atoms with Crippen LogP contribution in [-0.2, 0) is 6.61 Å². The van der Waals surface area contributed by atoms with Gasteiger partial charge in [-0.1, -0.05) is 18.2 Å². The summed E-state index contributed by atoms with van der Waals surface area (Å²) in [5.41, 5.74) is 2.18. The van der Waals surface area contributed by atoms with E-state index in [1.807, 2.05) is 6.92 Å². The maximum Gasteiger partial charge on any atom is 0.180 e. The lowest BCUT2D eigenvalue weighted by Gasteiger charge is -2.09. The van der Waals surface area contributed by atoms with Crippen molar-refractivity contribution in [3.05, 3.63) is 34.9 Å². The fourth-order valence-corrected chi connectivity index (χ4v) is 1.45. The molecule has 0 spiro atoms. The summed E-state index contributed by atoms with van der Waals surface area (Å²) in [6, 6.07) is 5.28. The molecule has 0 aliphatic carbocycles. The second-order valence-corrected chi connectivity index (χ2v) is 3.88. The van der Waals surface area contributed by atoms with Crippen LogP contribution in [-0.4, -0.2) is 16.3 Å². The summed E-state index contributed by atoms with van der Waals surface area (Å²) in [7, 11) is 0. The maximum absolute atomic E-state index is 11.6. The summed E-state index contributed by atoms with van der Waals surface area (Å²) in [5, 5.41) is 8.49. The Bertz CT molecular complexity index is 345. The summed E-state index contributed by atoms with van der Waals surface area (Å²) in [6.07, 6.45) is 0. The molecule has 76 valence electrons. The van der Waals surface area contributed by atoms with E-state index in [9.17, 15) is 4.79 Å². The zero-order valence-corrected chi connectivity index (χ0v) is 9.01. The molecule has 1 aromatic rings. The monoisotopic (exact) mass is 212 g/mol. The minimum atomic E-state index is -0.525. The lowest BCUT2D eigenvalue weighted by Crippen LogP contribution is -2.13. The molecule has 1 unspecified atom stereocenters. The summed E-state index contributed by atoms with van der Waals surface area (Å²) >= 11 is 5.72. The van der Waals surface area contributed by atoms with Gasteiger partial charge in [0.1, 0.15) is 0 Å². The summed E-state index contributed by atoms with van der Waals surface area (Å²) in [5.74, 6) is -0.0977. The molecule has 0 saturated carbocycles. The topological polar surface area (TPSA) is 37.3 Å². The third-order valence-electron chi connectivity index (χ3n) is 2.24. The van der Waals surface area contributed by atoms with Crippen molar-refractivity contribution < 1.29 is 9.90 Å². The van der Waals surface area contributed by atoms with Gasteiger partial charge in [0.15, 0.2) is 5.78 Å². The summed E-state index contributed by atoms with van der Waals surface area (Å²) in [6.45, 7) is 3.41. The highest BCUT2D eigenvalue weighted by Gasteiger charge is 2.15. The molecule has 0 radical (unpaired) electrons. The van der Waals surface area contributed by atoms with Crippen LogP contribution in [0.15, 0.2) is 18.2 Å². The minimum absolute atomic E-state index is 0.0520. The molecule has 0 saturated heterocycles. The van der Waals surface area contributed by atoms with Gasteiger partial charge in [0.05, 0.1) is 12.0 Å². The molecule has 0 amide bonds. The number of alkyl halides is 1. The first-order valence-corrected chi connectivity index (χ1v) is 4.89. The number of hydrogen-bond donors (Lipinski definition) is 1. The van der Waals surface area contributed by atoms with E-state index in [0.29, 0.717) is 5.56 Å². The number of carbonyl (C=O) groups is 1. The fourth-order valence-electron chi connectivity index (χ4n) is 1.34. The lowest BCUT2D eigenvalue weighted by atomic mass is 9.98. The zero-order valence-electron chi connectivity index (χ0n) is 8.25. The van der Waals surface area contributed by atoms with Gasteiger partial charge >= 0.3 is 0 Å². The van der Waals surface area contributed by atoms with Gasteiger partial charge in [0.2, 0.25) is 0 Å². The predicted octanol–water partition coefficient (Wildman–Crippen LogP) is 2.30. The van der Waals surface area contributed by atoms with E-state index < -0.39 is 5.38 Å². The second-order valence-electron chi connectivity index (χ2n) is 3.23. The van der Waals surface area contributed by atoms with Crippen molar-refractivity contribution in [3.8, 4) is 0 Å². The Morgan fingerprint density at radius 1 is 1.57 bits per heavy atom. The summed E-state index contributed by atoms with van der Waals surface area (Å²) < 4.78 is 0. The molecular weight excluding hydrogens is 200 g/mol. The molecule has 1 aromatic carbocycles. The molecule has 0 aromatic heterocycles. The molecular formula is C11H13ClO2. The highest BCUT2D eigenvalue weighted by atomic mass is 35.5. The van der Waals surface area contributed by atoms with Crippen LogP contribution in [0.3, 0.4) is 0 Å². The molecule has 0 fully saturated rings. The van der Waals surface area contributed by atoms with Crippen molar-refractivity contribution in [2.75, 3.05) is 0 Å². The number of hydrogen-bond acceptors (Lipinski definition) is 2. The SMILES string of the molecule is Cc1c(CO)cccc1C(=O)C(C)Cl. The number of halogens is 1. The largest absolute Gasteiger partial charge is 0.392 e. The summed E-state index contributed by atoms with van der Waals surface area (Å²) in [4.78, 5) is 11.6. The van der Waals surface area contributed by atoms with Crippen molar-refractivity contribution in [3.63, 3.8) is 0 Å². The van der Waals surface area contributed by atoms with Crippen molar-refractivity contribution in [2.45, 2.75) is 25.8 Å². The molecule has 1 atom stereocenters. The van der Waals surface area contributed by atoms with E-state index >= 15 is 0 Å². The average molecular weight is 213 g/mol. The lowest BCUT2D eigenvalue weighted by molar-refractivity contribution is 0.0991. The number of carbonyl (C=O) groups excluding carboxylic acids is 1. The standard InChI is InChI=1S/C11H13ClO2/c1-7-9(6-13)4-3-5-10(7)11(14)8(2)12/h3-5,8,13H,6H2,1-2H3. The van der Waals surface area contributed by atoms with Crippen LogP contribution < -0.4 is 0 Å². The second kappa shape index (κ2) is 4.58. The number of rotatable bonds is 3. The van der Waals surface area contributed by atoms with Gasteiger partial charge in [-0.05, 0) is 25.0 Å². The number of ketones is 1. The van der Waals surface area contributed by atoms with Gasteiger partial charge in [-0.25, -0.2) is 0 Å². The van der Waals surface area contributed by atoms with Crippen LogP contribution >= 0.6 is 11.6 Å². The van der Waals surface area contributed by atoms with Gasteiger partial charge in [-0.3, -0.25) is 4.79 Å². The van der Waals surface area contributed by atoms with Crippen molar-refractivity contribution in [1.29, 1.82) is 0 Å². The van der Waals surface area contributed by atoms with Gasteiger partial charge in [0, 0.05) is 5.56 Å². The molecule has 0 aliphatic rings. The Morgan fingerprint density at radius 2 is 2.21 bits per heavy atom. The highest BCUT2D eigenvalue weighted by Crippen LogP contribution is 2.17. The van der Waals surface area contributed by atoms with Crippen molar-refractivity contribution in [1.82, 2.24) is 0 Å². The maximum atomic E-state index is 11.6. The molecule has 0 aliphatic heterocycles. The molecule has 14 heavy (non-hydrogen) atoms. The van der Waals surface area contributed by atoms with Crippen molar-refractivity contribution in [2.24, 2.45) is 0 Å². The predicted molar refractivity (Wildman–Crippen MR) is 56.7 cm³/mol. The van der Waals surface area contributed by atoms with Crippen LogP contribution in [0.1, 0.15) is 28.4 Å².